The van der Waals surface area contributed by atoms with Crippen molar-refractivity contribution in [1.29, 1.82) is 0 Å². The van der Waals surface area contributed by atoms with Gasteiger partial charge in [0.2, 0.25) is 0 Å². The van der Waals surface area contributed by atoms with Crippen LogP contribution in [0.25, 0.3) is 0 Å². The van der Waals surface area contributed by atoms with Gasteiger partial charge in [-0.25, -0.2) is 0 Å². The van der Waals surface area contributed by atoms with Crippen molar-refractivity contribution in [3.63, 3.8) is 0 Å². The van der Waals surface area contributed by atoms with E-state index in [0.717, 1.165) is 32.7 Å². The summed E-state index contributed by atoms with van der Waals surface area (Å²) in [4.78, 5) is 2.53. The van der Waals surface area contributed by atoms with Crippen LogP contribution >= 0.6 is 0 Å². The van der Waals surface area contributed by atoms with Crippen molar-refractivity contribution < 1.29 is 4.74 Å². The molecule has 3 heteroatoms. The Kier molecular flexibility index (Phi) is 6.15. The average Bonchev–Trinajstić information content (AvgIpc) is 2.25. The SMILES string of the molecule is CCOCCCN1CCCCC1CN. The van der Waals surface area contributed by atoms with E-state index in [1.54, 1.807) is 0 Å². The molecule has 14 heavy (non-hydrogen) atoms. The van der Waals surface area contributed by atoms with Gasteiger partial charge in [-0.05, 0) is 32.7 Å². The molecule has 1 atom stereocenters. The fourth-order valence-electron chi connectivity index (χ4n) is 2.14. The molecule has 1 aliphatic heterocycles. The van der Waals surface area contributed by atoms with Gasteiger partial charge in [0.25, 0.3) is 0 Å². The Bertz CT molecular complexity index is 141. The summed E-state index contributed by atoms with van der Waals surface area (Å²) < 4.78 is 5.34. The highest BCUT2D eigenvalue weighted by Crippen LogP contribution is 2.15. The van der Waals surface area contributed by atoms with Crippen LogP contribution in [0.3, 0.4) is 0 Å². The first-order valence-electron chi connectivity index (χ1n) is 5.90. The topological polar surface area (TPSA) is 38.5 Å². The number of nitrogens with zero attached hydrogens (tertiary/aromatic N) is 1. The fraction of sp³-hybridized carbons (Fsp3) is 1.00. The molecule has 0 aromatic heterocycles. The standard InChI is InChI=1S/C11H24N2O/c1-2-14-9-5-8-13-7-4-3-6-11(13)10-12/h11H,2-10,12H2,1H3. The molecule has 0 spiro atoms. The molecule has 0 bridgehead atoms. The zero-order valence-corrected chi connectivity index (χ0v) is 9.37. The van der Waals surface area contributed by atoms with E-state index in [1.165, 1.54) is 25.8 Å². The lowest BCUT2D eigenvalue weighted by molar-refractivity contribution is 0.107. The Morgan fingerprint density at radius 3 is 3.00 bits per heavy atom. The van der Waals surface area contributed by atoms with Gasteiger partial charge in [-0.3, -0.25) is 4.90 Å². The van der Waals surface area contributed by atoms with Crippen molar-refractivity contribution in [2.45, 2.75) is 38.6 Å². The first kappa shape index (κ1) is 12.0. The summed E-state index contributed by atoms with van der Waals surface area (Å²) in [6, 6.07) is 0.630. The van der Waals surface area contributed by atoms with Crippen LogP contribution in [0, 0.1) is 0 Å². The summed E-state index contributed by atoms with van der Waals surface area (Å²) in [7, 11) is 0. The third kappa shape index (κ3) is 3.95. The molecule has 84 valence electrons. The molecule has 1 saturated heterocycles. The van der Waals surface area contributed by atoms with Crippen LogP contribution in [-0.2, 0) is 4.74 Å². The molecule has 1 rings (SSSR count). The average molecular weight is 200 g/mol. The van der Waals surface area contributed by atoms with Crippen molar-refractivity contribution in [2.24, 2.45) is 5.73 Å². The van der Waals surface area contributed by atoms with E-state index in [1.807, 2.05) is 6.92 Å². The lowest BCUT2D eigenvalue weighted by atomic mass is 10.0. The largest absolute Gasteiger partial charge is 0.382 e. The van der Waals surface area contributed by atoms with Gasteiger partial charge >= 0.3 is 0 Å². The quantitative estimate of drug-likeness (QED) is 0.655. The van der Waals surface area contributed by atoms with E-state index in [4.69, 9.17) is 10.5 Å². The van der Waals surface area contributed by atoms with Crippen LogP contribution in [0.15, 0.2) is 0 Å². The Morgan fingerprint density at radius 2 is 2.29 bits per heavy atom. The van der Waals surface area contributed by atoms with Crippen molar-refractivity contribution in [3.8, 4) is 0 Å². The van der Waals surface area contributed by atoms with Gasteiger partial charge in [-0.15, -0.1) is 0 Å². The lowest BCUT2D eigenvalue weighted by Crippen LogP contribution is -2.44. The van der Waals surface area contributed by atoms with E-state index in [2.05, 4.69) is 4.90 Å². The minimum atomic E-state index is 0.630. The number of nitrogens with two attached hydrogens (primary N) is 1. The monoisotopic (exact) mass is 200 g/mol. The van der Waals surface area contributed by atoms with Gasteiger partial charge in [-0.1, -0.05) is 6.42 Å². The van der Waals surface area contributed by atoms with Crippen LogP contribution in [0.2, 0.25) is 0 Å². The summed E-state index contributed by atoms with van der Waals surface area (Å²) >= 11 is 0. The van der Waals surface area contributed by atoms with E-state index < -0.39 is 0 Å². The summed E-state index contributed by atoms with van der Waals surface area (Å²) in [5.74, 6) is 0. The Balaban J connectivity index is 2.13. The highest BCUT2D eigenvalue weighted by atomic mass is 16.5. The highest BCUT2D eigenvalue weighted by Gasteiger charge is 2.19. The van der Waals surface area contributed by atoms with Crippen molar-refractivity contribution in [1.82, 2.24) is 4.90 Å². The van der Waals surface area contributed by atoms with Crippen molar-refractivity contribution >= 4 is 0 Å². The number of hydrogen-bond donors (Lipinski definition) is 1. The second kappa shape index (κ2) is 7.21. The van der Waals surface area contributed by atoms with Crippen LogP contribution in [-0.4, -0.2) is 43.8 Å². The first-order valence-corrected chi connectivity index (χ1v) is 5.90. The maximum Gasteiger partial charge on any atom is 0.0478 e. The number of likely N-dealkylation sites (tertiary alicyclic amines) is 1. The molecule has 0 aromatic rings. The van der Waals surface area contributed by atoms with Crippen LogP contribution in [0.1, 0.15) is 32.6 Å². The smallest absolute Gasteiger partial charge is 0.0478 e. The molecule has 0 amide bonds. The molecular formula is C11H24N2O. The molecular weight excluding hydrogens is 176 g/mol. The van der Waals surface area contributed by atoms with Gasteiger partial charge in [0, 0.05) is 32.3 Å². The van der Waals surface area contributed by atoms with Gasteiger partial charge in [0.15, 0.2) is 0 Å². The van der Waals surface area contributed by atoms with E-state index in [-0.39, 0.29) is 0 Å². The van der Waals surface area contributed by atoms with Gasteiger partial charge in [-0.2, -0.15) is 0 Å². The Morgan fingerprint density at radius 1 is 1.43 bits per heavy atom. The normalized spacial score (nSPS) is 24.0. The molecule has 0 aromatic carbocycles. The fourth-order valence-corrected chi connectivity index (χ4v) is 2.14. The molecule has 1 unspecified atom stereocenters. The predicted octanol–water partition coefficient (Wildman–Crippen LogP) is 1.23. The summed E-state index contributed by atoms with van der Waals surface area (Å²) in [5.41, 5.74) is 5.75. The Labute approximate surface area is 87.6 Å². The predicted molar refractivity (Wildman–Crippen MR) is 59.4 cm³/mol. The van der Waals surface area contributed by atoms with E-state index in [9.17, 15) is 0 Å². The van der Waals surface area contributed by atoms with E-state index >= 15 is 0 Å². The number of piperidine rings is 1. The number of ether oxygens (including phenoxy) is 1. The van der Waals surface area contributed by atoms with Crippen LogP contribution in [0.5, 0.6) is 0 Å². The van der Waals surface area contributed by atoms with Crippen molar-refractivity contribution in [2.75, 3.05) is 32.8 Å². The molecule has 0 saturated carbocycles. The number of rotatable bonds is 6. The molecule has 1 aliphatic rings. The first-order chi connectivity index (χ1) is 6.88. The summed E-state index contributed by atoms with van der Waals surface area (Å²) in [6.07, 6.45) is 5.12. The highest BCUT2D eigenvalue weighted by molar-refractivity contribution is 4.77. The maximum atomic E-state index is 5.75. The minimum absolute atomic E-state index is 0.630. The van der Waals surface area contributed by atoms with Crippen LogP contribution < -0.4 is 5.73 Å². The number of hydrogen-bond acceptors (Lipinski definition) is 3. The molecule has 0 radical (unpaired) electrons. The molecule has 2 N–H and O–H groups in total. The molecule has 0 aliphatic carbocycles. The second-order valence-corrected chi connectivity index (χ2v) is 3.97. The maximum absolute atomic E-state index is 5.75. The van der Waals surface area contributed by atoms with Gasteiger partial charge in [0.05, 0.1) is 0 Å². The van der Waals surface area contributed by atoms with Crippen LogP contribution in [0.4, 0.5) is 0 Å². The van der Waals surface area contributed by atoms with Crippen molar-refractivity contribution in [3.05, 3.63) is 0 Å². The molecule has 1 fully saturated rings. The van der Waals surface area contributed by atoms with E-state index in [0.29, 0.717) is 6.04 Å². The summed E-state index contributed by atoms with van der Waals surface area (Å²) in [6.45, 7) is 6.97. The third-order valence-corrected chi connectivity index (χ3v) is 2.96. The summed E-state index contributed by atoms with van der Waals surface area (Å²) in [5, 5.41) is 0. The lowest BCUT2D eigenvalue weighted by Gasteiger charge is -2.34. The third-order valence-electron chi connectivity index (χ3n) is 2.96. The molecule has 1 heterocycles. The second-order valence-electron chi connectivity index (χ2n) is 3.97. The van der Waals surface area contributed by atoms with Gasteiger partial charge in [0.1, 0.15) is 0 Å². The Hall–Kier alpha value is -0.120. The van der Waals surface area contributed by atoms with Gasteiger partial charge < -0.3 is 10.5 Å². The minimum Gasteiger partial charge on any atom is -0.382 e. The zero-order chi connectivity index (χ0) is 10.2. The zero-order valence-electron chi connectivity index (χ0n) is 9.37. The molecule has 3 nitrogen and oxygen atoms in total.